The number of piperidine rings is 1. The molecule has 0 radical (unpaired) electrons. The summed E-state index contributed by atoms with van der Waals surface area (Å²) in [5, 5.41) is 2.90. The molecule has 2 saturated heterocycles. The standard InChI is InChI=1S/C25H29N3O3/c1-17-6-3-9-21(12-17)26-24(30)19-8-4-10-22(13-19)28-16-20(14-23(28)29)25(31)27-11-5-7-18(2)15-27/h3-4,6,8-10,12-13,18,20H,5,7,11,14-16H2,1-2H3,(H,26,30)/t18-,20-/m1/s1. The largest absolute Gasteiger partial charge is 0.342 e. The summed E-state index contributed by atoms with van der Waals surface area (Å²) in [5.74, 6) is -0.0264. The minimum atomic E-state index is -0.317. The Morgan fingerprint density at radius 2 is 1.87 bits per heavy atom. The van der Waals surface area contributed by atoms with Crippen molar-refractivity contribution in [3.63, 3.8) is 0 Å². The van der Waals surface area contributed by atoms with E-state index in [0.717, 1.165) is 37.2 Å². The number of carbonyl (C=O) groups excluding carboxylic acids is 3. The van der Waals surface area contributed by atoms with Gasteiger partial charge in [-0.05, 0) is 61.6 Å². The molecule has 4 rings (SSSR count). The SMILES string of the molecule is Cc1cccc(NC(=O)c2cccc(N3C[C@H](C(=O)N4CCC[C@@H](C)C4)CC3=O)c2)c1. The second kappa shape index (κ2) is 8.92. The highest BCUT2D eigenvalue weighted by Gasteiger charge is 2.38. The van der Waals surface area contributed by atoms with Crippen LogP contribution in [0.25, 0.3) is 0 Å². The number of hydrogen-bond donors (Lipinski definition) is 1. The zero-order chi connectivity index (χ0) is 22.0. The van der Waals surface area contributed by atoms with E-state index in [1.165, 1.54) is 0 Å². The van der Waals surface area contributed by atoms with Gasteiger partial charge in [0.05, 0.1) is 5.92 Å². The summed E-state index contributed by atoms with van der Waals surface area (Å²) in [6.45, 7) is 6.06. The molecule has 162 valence electrons. The Morgan fingerprint density at radius 3 is 2.65 bits per heavy atom. The van der Waals surface area contributed by atoms with E-state index in [1.807, 2.05) is 42.2 Å². The molecule has 2 atom stereocenters. The topological polar surface area (TPSA) is 69.7 Å². The summed E-state index contributed by atoms with van der Waals surface area (Å²) in [5.41, 5.74) is 2.93. The smallest absolute Gasteiger partial charge is 0.255 e. The minimum Gasteiger partial charge on any atom is -0.342 e. The first kappa shape index (κ1) is 21.1. The van der Waals surface area contributed by atoms with Gasteiger partial charge in [0.1, 0.15) is 0 Å². The van der Waals surface area contributed by atoms with Gasteiger partial charge in [-0.1, -0.05) is 25.1 Å². The van der Waals surface area contributed by atoms with Crippen LogP contribution in [0.4, 0.5) is 11.4 Å². The summed E-state index contributed by atoms with van der Waals surface area (Å²) in [6.07, 6.45) is 2.40. The number of hydrogen-bond acceptors (Lipinski definition) is 3. The summed E-state index contributed by atoms with van der Waals surface area (Å²) >= 11 is 0. The number of aryl methyl sites for hydroxylation is 1. The summed E-state index contributed by atoms with van der Waals surface area (Å²) < 4.78 is 0. The van der Waals surface area contributed by atoms with Crippen LogP contribution in [-0.4, -0.2) is 42.3 Å². The molecule has 2 aliphatic heterocycles. The molecule has 0 saturated carbocycles. The maximum Gasteiger partial charge on any atom is 0.255 e. The first-order valence-electron chi connectivity index (χ1n) is 11.0. The van der Waals surface area contributed by atoms with Crippen molar-refractivity contribution in [1.82, 2.24) is 4.90 Å². The van der Waals surface area contributed by atoms with Crippen LogP contribution >= 0.6 is 0 Å². The third-order valence-corrected chi connectivity index (χ3v) is 6.14. The molecule has 1 N–H and O–H groups in total. The van der Waals surface area contributed by atoms with Gasteiger partial charge in [0.25, 0.3) is 5.91 Å². The van der Waals surface area contributed by atoms with Crippen LogP contribution in [0.15, 0.2) is 48.5 Å². The van der Waals surface area contributed by atoms with Crippen LogP contribution in [0, 0.1) is 18.8 Å². The van der Waals surface area contributed by atoms with E-state index in [1.54, 1.807) is 23.1 Å². The van der Waals surface area contributed by atoms with Crippen LogP contribution in [0.3, 0.4) is 0 Å². The highest BCUT2D eigenvalue weighted by molar-refractivity contribution is 6.06. The van der Waals surface area contributed by atoms with Gasteiger partial charge in [-0.25, -0.2) is 0 Å². The first-order valence-corrected chi connectivity index (χ1v) is 11.0. The lowest BCUT2D eigenvalue weighted by molar-refractivity contribution is -0.137. The average molecular weight is 420 g/mol. The predicted molar refractivity (Wildman–Crippen MR) is 121 cm³/mol. The molecule has 0 unspecified atom stereocenters. The number of rotatable bonds is 4. The van der Waals surface area contributed by atoms with Gasteiger partial charge in [-0.3, -0.25) is 14.4 Å². The van der Waals surface area contributed by atoms with E-state index < -0.39 is 0 Å². The molecule has 2 aromatic carbocycles. The second-order valence-corrected chi connectivity index (χ2v) is 8.81. The summed E-state index contributed by atoms with van der Waals surface area (Å²) in [7, 11) is 0. The third kappa shape index (κ3) is 4.79. The lowest BCUT2D eigenvalue weighted by Gasteiger charge is -2.32. The maximum atomic E-state index is 13.0. The number of nitrogens with one attached hydrogen (secondary N) is 1. The zero-order valence-corrected chi connectivity index (χ0v) is 18.1. The van der Waals surface area contributed by atoms with Crippen molar-refractivity contribution < 1.29 is 14.4 Å². The number of likely N-dealkylation sites (tertiary alicyclic amines) is 1. The van der Waals surface area contributed by atoms with Crippen molar-refractivity contribution in [2.24, 2.45) is 11.8 Å². The molecule has 0 aromatic heterocycles. The van der Waals surface area contributed by atoms with Gasteiger partial charge in [0.2, 0.25) is 11.8 Å². The van der Waals surface area contributed by atoms with E-state index >= 15 is 0 Å². The second-order valence-electron chi connectivity index (χ2n) is 8.81. The van der Waals surface area contributed by atoms with Crippen LogP contribution in [0.1, 0.15) is 42.1 Å². The fourth-order valence-electron chi connectivity index (χ4n) is 4.51. The first-order chi connectivity index (χ1) is 14.9. The molecule has 2 aromatic rings. The Hall–Kier alpha value is -3.15. The monoisotopic (exact) mass is 419 g/mol. The van der Waals surface area contributed by atoms with Crippen LogP contribution in [0.2, 0.25) is 0 Å². The normalized spacial score (nSPS) is 21.3. The van der Waals surface area contributed by atoms with Crippen LogP contribution < -0.4 is 10.2 Å². The fourth-order valence-corrected chi connectivity index (χ4v) is 4.51. The zero-order valence-electron chi connectivity index (χ0n) is 18.1. The Kier molecular flexibility index (Phi) is 6.07. The molecule has 0 bridgehead atoms. The van der Waals surface area contributed by atoms with E-state index in [-0.39, 0.29) is 30.1 Å². The molecule has 2 aliphatic rings. The molecule has 2 heterocycles. The van der Waals surface area contributed by atoms with Crippen molar-refractivity contribution in [2.75, 3.05) is 29.9 Å². The van der Waals surface area contributed by atoms with E-state index in [2.05, 4.69) is 12.2 Å². The fraction of sp³-hybridized carbons (Fsp3) is 0.400. The molecule has 3 amide bonds. The van der Waals surface area contributed by atoms with Gasteiger partial charge in [0.15, 0.2) is 0 Å². The van der Waals surface area contributed by atoms with Gasteiger partial charge in [-0.2, -0.15) is 0 Å². The van der Waals surface area contributed by atoms with Crippen molar-refractivity contribution in [1.29, 1.82) is 0 Å². The van der Waals surface area contributed by atoms with Crippen molar-refractivity contribution in [2.45, 2.75) is 33.1 Å². The Morgan fingerprint density at radius 1 is 1.06 bits per heavy atom. The van der Waals surface area contributed by atoms with Gasteiger partial charge >= 0.3 is 0 Å². The summed E-state index contributed by atoms with van der Waals surface area (Å²) in [6, 6.07) is 14.7. The molecule has 0 spiro atoms. The lowest BCUT2D eigenvalue weighted by atomic mass is 9.98. The van der Waals surface area contributed by atoms with Crippen LogP contribution in [-0.2, 0) is 9.59 Å². The number of anilines is 2. The quantitative estimate of drug-likeness (QED) is 0.818. The molecular formula is C25H29N3O3. The van der Waals surface area contributed by atoms with Crippen LogP contribution in [0.5, 0.6) is 0 Å². The summed E-state index contributed by atoms with van der Waals surface area (Å²) in [4.78, 5) is 41.9. The van der Waals surface area contributed by atoms with E-state index in [9.17, 15) is 14.4 Å². The predicted octanol–water partition coefficient (Wildman–Crippen LogP) is 3.86. The molecule has 2 fully saturated rings. The molecule has 31 heavy (non-hydrogen) atoms. The van der Waals surface area contributed by atoms with Gasteiger partial charge in [-0.15, -0.1) is 0 Å². The molecular weight excluding hydrogens is 390 g/mol. The van der Waals surface area contributed by atoms with Crippen molar-refractivity contribution in [3.8, 4) is 0 Å². The Labute approximate surface area is 183 Å². The van der Waals surface area contributed by atoms with E-state index in [4.69, 9.17) is 0 Å². The highest BCUT2D eigenvalue weighted by atomic mass is 16.2. The Balaban J connectivity index is 1.45. The molecule has 0 aliphatic carbocycles. The van der Waals surface area contributed by atoms with Gasteiger partial charge < -0.3 is 15.1 Å². The number of carbonyl (C=O) groups is 3. The molecule has 6 heteroatoms. The third-order valence-electron chi connectivity index (χ3n) is 6.14. The average Bonchev–Trinajstić information content (AvgIpc) is 3.15. The Bertz CT molecular complexity index is 1000. The van der Waals surface area contributed by atoms with E-state index in [0.29, 0.717) is 23.7 Å². The van der Waals surface area contributed by atoms with Crippen molar-refractivity contribution in [3.05, 3.63) is 59.7 Å². The molecule has 6 nitrogen and oxygen atoms in total. The van der Waals surface area contributed by atoms with Gasteiger partial charge in [0, 0.05) is 43.0 Å². The number of amides is 3. The minimum absolute atomic E-state index is 0.0698. The van der Waals surface area contributed by atoms with Crippen molar-refractivity contribution >= 4 is 29.1 Å². The maximum absolute atomic E-state index is 13.0. The lowest BCUT2D eigenvalue weighted by Crippen LogP contribution is -2.43. The number of nitrogens with zero attached hydrogens (tertiary/aromatic N) is 2. The highest BCUT2D eigenvalue weighted by Crippen LogP contribution is 2.28. The number of benzene rings is 2.